The number of hydrogen-bond acceptors (Lipinski definition) is 4. The topological polar surface area (TPSA) is 42.9 Å². The zero-order valence-corrected chi connectivity index (χ0v) is 9.05. The second kappa shape index (κ2) is 4.25. The van der Waals surface area contributed by atoms with E-state index < -0.39 is 23.1 Å². The zero-order chi connectivity index (χ0) is 12.5. The molecule has 0 atom stereocenters. The van der Waals surface area contributed by atoms with Gasteiger partial charge in [-0.15, -0.1) is 0 Å². The molecule has 88 valence electrons. The number of carbonyl (C=O) groups is 1. The van der Waals surface area contributed by atoms with Gasteiger partial charge >= 0.3 is 6.18 Å². The standard InChI is InChI=1S/C10H5F3N2OS/c11-10(12,13)7-4-2-1-3-6(7)9(16)8-5-14-17-15-8/h1-5H. The second-order valence-corrected chi connectivity index (χ2v) is 3.72. The Hall–Kier alpha value is -1.76. The zero-order valence-electron chi connectivity index (χ0n) is 8.23. The summed E-state index contributed by atoms with van der Waals surface area (Å²) in [4.78, 5) is 11.8. The lowest BCUT2D eigenvalue weighted by Crippen LogP contribution is -2.13. The Bertz CT molecular complexity index is 537. The number of nitrogens with zero attached hydrogens (tertiary/aromatic N) is 2. The Labute approximate surface area is 98.2 Å². The minimum absolute atomic E-state index is 0.0771. The molecule has 0 fully saturated rings. The summed E-state index contributed by atoms with van der Waals surface area (Å²) >= 11 is 0.774. The summed E-state index contributed by atoms with van der Waals surface area (Å²) in [6, 6.07) is 4.61. The van der Waals surface area contributed by atoms with Gasteiger partial charge in [0.15, 0.2) is 0 Å². The Balaban J connectivity index is 2.50. The molecule has 0 aliphatic rings. The molecule has 0 unspecified atom stereocenters. The highest BCUT2D eigenvalue weighted by Gasteiger charge is 2.35. The van der Waals surface area contributed by atoms with Crippen molar-refractivity contribution in [2.75, 3.05) is 0 Å². The molecular weight excluding hydrogens is 253 g/mol. The van der Waals surface area contributed by atoms with E-state index in [0.29, 0.717) is 0 Å². The van der Waals surface area contributed by atoms with Crippen LogP contribution in [0.25, 0.3) is 0 Å². The minimum Gasteiger partial charge on any atom is -0.287 e. The predicted molar refractivity (Wildman–Crippen MR) is 54.8 cm³/mol. The third-order valence-corrected chi connectivity index (χ3v) is 2.55. The monoisotopic (exact) mass is 258 g/mol. The van der Waals surface area contributed by atoms with E-state index in [1.165, 1.54) is 12.1 Å². The number of alkyl halides is 3. The van der Waals surface area contributed by atoms with E-state index >= 15 is 0 Å². The average Bonchev–Trinajstić information content (AvgIpc) is 2.80. The Kier molecular flexibility index (Phi) is 2.93. The van der Waals surface area contributed by atoms with Crippen molar-refractivity contribution >= 4 is 17.5 Å². The van der Waals surface area contributed by atoms with Crippen molar-refractivity contribution in [3.05, 3.63) is 47.3 Å². The van der Waals surface area contributed by atoms with E-state index in [1.807, 2.05) is 0 Å². The maximum Gasteiger partial charge on any atom is 0.417 e. The molecule has 1 aromatic carbocycles. The van der Waals surface area contributed by atoms with Gasteiger partial charge in [0, 0.05) is 5.56 Å². The first-order chi connectivity index (χ1) is 8.00. The number of carbonyl (C=O) groups excluding carboxylic acids is 1. The molecule has 7 heteroatoms. The fraction of sp³-hybridized carbons (Fsp3) is 0.100. The Morgan fingerprint density at radius 3 is 2.53 bits per heavy atom. The summed E-state index contributed by atoms with van der Waals surface area (Å²) in [6.45, 7) is 0. The lowest BCUT2D eigenvalue weighted by atomic mass is 10.0. The summed E-state index contributed by atoms with van der Waals surface area (Å²) in [5.74, 6) is -0.772. The molecule has 0 spiro atoms. The first-order valence-corrected chi connectivity index (χ1v) is 5.21. The van der Waals surface area contributed by atoms with Crippen molar-refractivity contribution < 1.29 is 18.0 Å². The summed E-state index contributed by atoms with van der Waals surface area (Å²) in [6.07, 6.45) is -3.41. The van der Waals surface area contributed by atoms with Crippen LogP contribution in [0.1, 0.15) is 21.6 Å². The number of halogens is 3. The molecule has 0 saturated carbocycles. The van der Waals surface area contributed by atoms with E-state index in [4.69, 9.17) is 0 Å². The highest BCUT2D eigenvalue weighted by atomic mass is 32.1. The van der Waals surface area contributed by atoms with Gasteiger partial charge in [0.25, 0.3) is 0 Å². The van der Waals surface area contributed by atoms with Crippen molar-refractivity contribution in [3.8, 4) is 0 Å². The van der Waals surface area contributed by atoms with Crippen LogP contribution < -0.4 is 0 Å². The third kappa shape index (κ3) is 2.33. The molecule has 0 aliphatic heterocycles. The van der Waals surface area contributed by atoms with E-state index in [1.54, 1.807) is 0 Å². The highest BCUT2D eigenvalue weighted by molar-refractivity contribution is 6.99. The van der Waals surface area contributed by atoms with E-state index in [-0.39, 0.29) is 5.69 Å². The van der Waals surface area contributed by atoms with Gasteiger partial charge < -0.3 is 0 Å². The predicted octanol–water partition coefficient (Wildman–Crippen LogP) is 2.79. The number of benzene rings is 1. The highest BCUT2D eigenvalue weighted by Crippen LogP contribution is 2.32. The van der Waals surface area contributed by atoms with Gasteiger partial charge in [0.05, 0.1) is 23.5 Å². The van der Waals surface area contributed by atoms with Crippen LogP contribution in [0.4, 0.5) is 13.2 Å². The molecule has 1 heterocycles. The summed E-state index contributed by atoms with van der Waals surface area (Å²) in [5, 5.41) is 0. The van der Waals surface area contributed by atoms with Crippen LogP contribution in [-0.2, 0) is 6.18 Å². The first-order valence-electron chi connectivity index (χ1n) is 4.48. The minimum atomic E-state index is -4.56. The molecule has 0 saturated heterocycles. The van der Waals surface area contributed by atoms with Gasteiger partial charge in [0.1, 0.15) is 5.69 Å². The quantitative estimate of drug-likeness (QED) is 0.778. The van der Waals surface area contributed by atoms with Gasteiger partial charge in [-0.05, 0) is 6.07 Å². The molecule has 0 N–H and O–H groups in total. The fourth-order valence-corrected chi connectivity index (χ4v) is 1.74. The number of hydrogen-bond donors (Lipinski definition) is 0. The lowest BCUT2D eigenvalue weighted by Gasteiger charge is -2.10. The van der Waals surface area contributed by atoms with Gasteiger partial charge in [-0.3, -0.25) is 4.79 Å². The molecule has 2 rings (SSSR count). The van der Waals surface area contributed by atoms with E-state index in [2.05, 4.69) is 8.75 Å². The van der Waals surface area contributed by atoms with Crippen LogP contribution >= 0.6 is 11.7 Å². The normalized spacial score (nSPS) is 11.5. The van der Waals surface area contributed by atoms with Crippen molar-refractivity contribution in [1.82, 2.24) is 8.75 Å². The van der Waals surface area contributed by atoms with Crippen LogP contribution in [0.15, 0.2) is 30.5 Å². The van der Waals surface area contributed by atoms with Crippen LogP contribution in [0.5, 0.6) is 0 Å². The van der Waals surface area contributed by atoms with E-state index in [0.717, 1.165) is 30.1 Å². The Morgan fingerprint density at radius 2 is 1.94 bits per heavy atom. The Morgan fingerprint density at radius 1 is 1.24 bits per heavy atom. The number of rotatable bonds is 2. The number of aromatic nitrogens is 2. The van der Waals surface area contributed by atoms with Gasteiger partial charge in [0.2, 0.25) is 5.78 Å². The third-order valence-electron chi connectivity index (χ3n) is 2.07. The molecule has 17 heavy (non-hydrogen) atoms. The molecule has 1 aromatic heterocycles. The summed E-state index contributed by atoms with van der Waals surface area (Å²) < 4.78 is 45.2. The second-order valence-electron chi connectivity index (χ2n) is 3.17. The van der Waals surface area contributed by atoms with Gasteiger partial charge in [-0.1, -0.05) is 18.2 Å². The smallest absolute Gasteiger partial charge is 0.287 e. The average molecular weight is 258 g/mol. The van der Waals surface area contributed by atoms with Crippen LogP contribution in [0.2, 0.25) is 0 Å². The molecule has 3 nitrogen and oxygen atoms in total. The largest absolute Gasteiger partial charge is 0.417 e. The van der Waals surface area contributed by atoms with Crippen molar-refractivity contribution in [2.24, 2.45) is 0 Å². The van der Waals surface area contributed by atoms with Crippen LogP contribution in [0.3, 0.4) is 0 Å². The SMILES string of the molecule is O=C(c1cnsn1)c1ccccc1C(F)(F)F. The van der Waals surface area contributed by atoms with Crippen molar-refractivity contribution in [1.29, 1.82) is 0 Å². The lowest BCUT2D eigenvalue weighted by molar-refractivity contribution is -0.137. The van der Waals surface area contributed by atoms with E-state index in [9.17, 15) is 18.0 Å². The molecule has 0 bridgehead atoms. The van der Waals surface area contributed by atoms with Crippen molar-refractivity contribution in [3.63, 3.8) is 0 Å². The fourth-order valence-electron chi connectivity index (χ4n) is 1.33. The summed E-state index contributed by atoms with van der Waals surface area (Å²) in [5.41, 5.74) is -1.45. The van der Waals surface area contributed by atoms with Crippen LogP contribution in [-0.4, -0.2) is 14.5 Å². The summed E-state index contributed by atoms with van der Waals surface area (Å²) in [7, 11) is 0. The molecular formula is C10H5F3N2OS. The molecule has 2 aromatic rings. The maximum absolute atomic E-state index is 12.7. The van der Waals surface area contributed by atoms with Gasteiger partial charge in [-0.2, -0.15) is 21.9 Å². The van der Waals surface area contributed by atoms with Crippen LogP contribution in [0, 0.1) is 0 Å². The first kappa shape index (κ1) is 11.7. The number of ketones is 1. The molecule has 0 aliphatic carbocycles. The van der Waals surface area contributed by atoms with Crippen molar-refractivity contribution in [2.45, 2.75) is 6.18 Å². The maximum atomic E-state index is 12.7. The molecule has 0 amide bonds. The van der Waals surface area contributed by atoms with Gasteiger partial charge in [-0.25, -0.2) is 0 Å². The molecule has 0 radical (unpaired) electrons.